The number of hydrogen-bond donors (Lipinski definition) is 0. The minimum atomic E-state index is -5.03. The monoisotopic (exact) mass is 548 g/mol. The number of carbonyl (C=O) groups is 1. The van der Waals surface area contributed by atoms with Gasteiger partial charge in [0.05, 0.1) is 16.7 Å². The molecule has 4 rings (SSSR count). The molecule has 1 aromatic heterocycles. The predicted molar refractivity (Wildman–Crippen MR) is 133 cm³/mol. The zero-order valence-corrected chi connectivity index (χ0v) is 20.7. The highest BCUT2D eigenvalue weighted by Gasteiger charge is 2.37. The van der Waals surface area contributed by atoms with Crippen molar-refractivity contribution >= 4 is 16.9 Å². The third kappa shape index (κ3) is 5.76. The van der Waals surface area contributed by atoms with Crippen molar-refractivity contribution in [2.45, 2.75) is 32.4 Å². The summed E-state index contributed by atoms with van der Waals surface area (Å²) in [5, 5.41) is 0.895. The SMILES string of the molecule is CCn1c(OC(=O)N(C)Cc2cc(C(F)(F)F)cc(C(F)(F)F)c2)c(-c2ccccc2)c2ccccc2c1=O. The van der Waals surface area contributed by atoms with Gasteiger partial charge in [-0.25, -0.2) is 4.79 Å². The van der Waals surface area contributed by atoms with Crippen molar-refractivity contribution in [3.63, 3.8) is 0 Å². The molecule has 11 heteroatoms. The van der Waals surface area contributed by atoms with Crippen LogP contribution in [0, 0.1) is 0 Å². The number of nitrogens with zero attached hydrogens (tertiary/aromatic N) is 2. The van der Waals surface area contributed by atoms with E-state index in [0.717, 1.165) is 4.90 Å². The predicted octanol–water partition coefficient (Wildman–Crippen LogP) is 7.36. The Bertz CT molecular complexity index is 1540. The van der Waals surface area contributed by atoms with Gasteiger partial charge in [-0.3, -0.25) is 9.36 Å². The smallest absolute Gasteiger partial charge is 0.392 e. The van der Waals surface area contributed by atoms with Crippen molar-refractivity contribution in [1.82, 2.24) is 9.47 Å². The van der Waals surface area contributed by atoms with Crippen molar-refractivity contribution in [2.24, 2.45) is 0 Å². The molecule has 0 atom stereocenters. The molecular formula is C28H22F6N2O3. The molecule has 1 heterocycles. The van der Waals surface area contributed by atoms with Crippen LogP contribution < -0.4 is 10.3 Å². The van der Waals surface area contributed by atoms with E-state index in [1.165, 1.54) is 11.6 Å². The maximum absolute atomic E-state index is 13.3. The Morgan fingerprint density at radius 2 is 1.38 bits per heavy atom. The fourth-order valence-corrected chi connectivity index (χ4v) is 4.26. The number of hydrogen-bond acceptors (Lipinski definition) is 3. The number of amides is 1. The van der Waals surface area contributed by atoms with Crippen LogP contribution in [0.15, 0.2) is 77.6 Å². The summed E-state index contributed by atoms with van der Waals surface area (Å²) in [6.45, 7) is 1.18. The number of alkyl halides is 6. The second-order valence-electron chi connectivity index (χ2n) is 8.78. The van der Waals surface area contributed by atoms with Gasteiger partial charge in [0, 0.05) is 30.9 Å². The number of pyridine rings is 1. The maximum Gasteiger partial charge on any atom is 0.416 e. The third-order valence-corrected chi connectivity index (χ3v) is 6.07. The molecule has 0 radical (unpaired) electrons. The molecule has 1 amide bonds. The average Bonchev–Trinajstić information content (AvgIpc) is 2.88. The van der Waals surface area contributed by atoms with Crippen LogP contribution in [-0.4, -0.2) is 22.6 Å². The van der Waals surface area contributed by atoms with Crippen molar-refractivity contribution < 1.29 is 35.9 Å². The highest BCUT2D eigenvalue weighted by molar-refractivity contribution is 5.99. The van der Waals surface area contributed by atoms with E-state index >= 15 is 0 Å². The van der Waals surface area contributed by atoms with E-state index in [2.05, 4.69) is 0 Å². The molecule has 4 aromatic rings. The molecule has 0 N–H and O–H groups in total. The van der Waals surface area contributed by atoms with Crippen LogP contribution in [0.5, 0.6) is 5.88 Å². The molecule has 0 aliphatic carbocycles. The molecule has 0 spiro atoms. The Labute approximate surface area is 218 Å². The molecule has 0 saturated heterocycles. The van der Waals surface area contributed by atoms with Crippen molar-refractivity contribution in [2.75, 3.05) is 7.05 Å². The van der Waals surface area contributed by atoms with Gasteiger partial charge in [0.1, 0.15) is 0 Å². The van der Waals surface area contributed by atoms with E-state index in [1.807, 2.05) is 0 Å². The highest BCUT2D eigenvalue weighted by atomic mass is 19.4. The van der Waals surface area contributed by atoms with E-state index in [-0.39, 0.29) is 18.5 Å². The number of carbonyl (C=O) groups excluding carboxylic acids is 1. The third-order valence-electron chi connectivity index (χ3n) is 6.07. The normalized spacial score (nSPS) is 12.0. The lowest BCUT2D eigenvalue weighted by atomic mass is 10.00. The molecule has 0 aliphatic heterocycles. The van der Waals surface area contributed by atoms with Crippen molar-refractivity contribution in [3.8, 4) is 17.0 Å². The molecule has 5 nitrogen and oxygen atoms in total. The zero-order valence-electron chi connectivity index (χ0n) is 20.7. The zero-order chi connectivity index (χ0) is 28.5. The molecule has 0 unspecified atom stereocenters. The summed E-state index contributed by atoms with van der Waals surface area (Å²) in [6, 6.07) is 16.7. The first-order valence-corrected chi connectivity index (χ1v) is 11.7. The van der Waals surface area contributed by atoms with E-state index in [1.54, 1.807) is 61.5 Å². The first kappa shape index (κ1) is 27.7. The van der Waals surface area contributed by atoms with Gasteiger partial charge in [-0.1, -0.05) is 48.5 Å². The fraction of sp³-hybridized carbons (Fsp3) is 0.214. The van der Waals surface area contributed by atoms with Gasteiger partial charge in [0.2, 0.25) is 5.88 Å². The lowest BCUT2D eigenvalue weighted by Crippen LogP contribution is -2.32. The standard InChI is InChI=1S/C28H22F6N2O3/c1-3-36-24(37)22-12-8-7-11-21(22)23(18-9-5-4-6-10-18)25(36)39-26(38)35(2)16-17-13-19(27(29,30)31)15-20(14-17)28(32,33)34/h4-15H,3,16H2,1-2H3. The Morgan fingerprint density at radius 3 is 1.92 bits per heavy atom. The van der Waals surface area contributed by atoms with Crippen LogP contribution >= 0.6 is 0 Å². The van der Waals surface area contributed by atoms with Gasteiger partial charge in [0.25, 0.3) is 5.56 Å². The van der Waals surface area contributed by atoms with Gasteiger partial charge in [0.15, 0.2) is 0 Å². The molecule has 204 valence electrons. The van der Waals surface area contributed by atoms with Gasteiger partial charge in [-0.15, -0.1) is 0 Å². The Balaban J connectivity index is 1.76. The lowest BCUT2D eigenvalue weighted by Gasteiger charge is -2.22. The number of benzene rings is 3. The Morgan fingerprint density at radius 1 is 0.846 bits per heavy atom. The molecule has 0 bridgehead atoms. The first-order chi connectivity index (χ1) is 18.3. The number of aromatic nitrogens is 1. The van der Waals surface area contributed by atoms with Crippen LogP contribution in [0.4, 0.5) is 31.1 Å². The Hall–Kier alpha value is -4.28. The average molecular weight is 548 g/mol. The van der Waals surface area contributed by atoms with E-state index in [4.69, 9.17) is 4.74 Å². The van der Waals surface area contributed by atoms with Crippen LogP contribution in [0.25, 0.3) is 21.9 Å². The highest BCUT2D eigenvalue weighted by Crippen LogP contribution is 2.38. The van der Waals surface area contributed by atoms with Crippen LogP contribution in [0.2, 0.25) is 0 Å². The topological polar surface area (TPSA) is 51.5 Å². The second-order valence-corrected chi connectivity index (χ2v) is 8.78. The van der Waals surface area contributed by atoms with Gasteiger partial charge >= 0.3 is 18.4 Å². The number of rotatable bonds is 5. The molecular weight excluding hydrogens is 526 g/mol. The summed E-state index contributed by atoms with van der Waals surface area (Å²) in [7, 11) is 1.17. The van der Waals surface area contributed by atoms with Crippen LogP contribution in [-0.2, 0) is 25.4 Å². The molecule has 39 heavy (non-hydrogen) atoms. The maximum atomic E-state index is 13.3. The number of halogens is 6. The Kier molecular flexibility index (Phi) is 7.45. The summed E-state index contributed by atoms with van der Waals surface area (Å²) in [5.74, 6) is -0.0933. The number of ether oxygens (including phenoxy) is 1. The van der Waals surface area contributed by atoms with E-state index in [9.17, 15) is 35.9 Å². The fourth-order valence-electron chi connectivity index (χ4n) is 4.26. The van der Waals surface area contributed by atoms with Gasteiger partial charge in [-0.2, -0.15) is 26.3 Å². The van der Waals surface area contributed by atoms with Crippen molar-refractivity contribution in [1.29, 1.82) is 0 Å². The lowest BCUT2D eigenvalue weighted by molar-refractivity contribution is -0.143. The summed E-state index contributed by atoms with van der Waals surface area (Å²) < 4.78 is 86.5. The quantitative estimate of drug-likeness (QED) is 0.245. The molecule has 0 aliphatic rings. The van der Waals surface area contributed by atoms with Crippen LogP contribution in [0.1, 0.15) is 23.6 Å². The first-order valence-electron chi connectivity index (χ1n) is 11.7. The molecule has 0 fully saturated rings. The summed E-state index contributed by atoms with van der Waals surface area (Å²) >= 11 is 0. The molecule has 0 saturated carbocycles. The second kappa shape index (κ2) is 10.5. The number of fused-ring (bicyclic) bond motifs is 1. The minimum absolute atomic E-state index is 0.0168. The molecule has 3 aromatic carbocycles. The van der Waals surface area contributed by atoms with Crippen LogP contribution in [0.3, 0.4) is 0 Å². The van der Waals surface area contributed by atoms with E-state index < -0.39 is 47.2 Å². The van der Waals surface area contributed by atoms with Gasteiger partial charge in [-0.05, 0) is 42.3 Å². The summed E-state index contributed by atoms with van der Waals surface area (Å²) in [6.07, 6.45) is -11.1. The summed E-state index contributed by atoms with van der Waals surface area (Å²) in [5.41, 5.74) is -2.73. The van der Waals surface area contributed by atoms with E-state index in [0.29, 0.717) is 34.0 Å². The van der Waals surface area contributed by atoms with Gasteiger partial charge < -0.3 is 9.64 Å². The van der Waals surface area contributed by atoms with Crippen molar-refractivity contribution in [3.05, 3.63) is 99.8 Å². The summed E-state index contributed by atoms with van der Waals surface area (Å²) in [4.78, 5) is 27.2. The minimum Gasteiger partial charge on any atom is -0.392 e. The largest absolute Gasteiger partial charge is 0.416 e.